The van der Waals surface area contributed by atoms with Crippen LogP contribution in [0.3, 0.4) is 0 Å². The number of para-hydroxylation sites is 1. The Balaban J connectivity index is 1.48. The molecular formula is C19H21ClN2O. The van der Waals surface area contributed by atoms with Crippen LogP contribution in [0.5, 0.6) is 0 Å². The Hall–Kier alpha value is -1.74. The molecule has 0 saturated heterocycles. The summed E-state index contributed by atoms with van der Waals surface area (Å²) in [6.07, 6.45) is 10.1. The van der Waals surface area contributed by atoms with E-state index in [2.05, 4.69) is 28.5 Å². The highest BCUT2D eigenvalue weighted by Crippen LogP contribution is 2.32. The van der Waals surface area contributed by atoms with Crippen molar-refractivity contribution in [2.45, 2.75) is 44.6 Å². The van der Waals surface area contributed by atoms with E-state index in [1.165, 1.54) is 16.6 Å². The molecule has 4 heteroatoms. The van der Waals surface area contributed by atoms with Gasteiger partial charge in [-0.1, -0.05) is 35.9 Å². The molecule has 4 rings (SSSR count). The molecule has 3 nitrogen and oxygen atoms in total. The molecule has 2 aliphatic carbocycles. The lowest BCUT2D eigenvalue weighted by molar-refractivity contribution is -0.122. The number of carbonyl (C=O) groups is 1. The van der Waals surface area contributed by atoms with Crippen LogP contribution in [0.25, 0.3) is 10.9 Å². The number of rotatable bonds is 3. The largest absolute Gasteiger partial charge is 0.357 e. The van der Waals surface area contributed by atoms with Crippen LogP contribution in [0.1, 0.15) is 36.9 Å². The first-order valence-corrected chi connectivity index (χ1v) is 8.82. The molecule has 0 aliphatic heterocycles. The molecule has 1 aromatic heterocycles. The van der Waals surface area contributed by atoms with Gasteiger partial charge in [0.15, 0.2) is 0 Å². The third kappa shape index (κ3) is 2.90. The first-order valence-electron chi connectivity index (χ1n) is 8.44. The zero-order valence-electron chi connectivity index (χ0n) is 13.1. The van der Waals surface area contributed by atoms with Crippen molar-refractivity contribution in [1.29, 1.82) is 0 Å². The van der Waals surface area contributed by atoms with Crippen LogP contribution >= 0.6 is 11.6 Å². The Bertz CT molecular complexity index is 777. The molecule has 0 radical (unpaired) electrons. The molecule has 2 N–H and O–H groups in total. The second-order valence-electron chi connectivity index (χ2n) is 6.72. The summed E-state index contributed by atoms with van der Waals surface area (Å²) in [5.41, 5.74) is 3.62. The first-order chi connectivity index (χ1) is 11.2. The molecule has 0 spiro atoms. The number of H-pyrrole nitrogens is 1. The third-order valence-electron chi connectivity index (χ3n) is 5.10. The molecule has 1 heterocycles. The van der Waals surface area contributed by atoms with Crippen LogP contribution in [-0.4, -0.2) is 16.9 Å². The highest BCUT2D eigenvalue weighted by Gasteiger charge is 2.25. The van der Waals surface area contributed by atoms with E-state index in [1.54, 1.807) is 0 Å². The summed E-state index contributed by atoms with van der Waals surface area (Å²) in [4.78, 5) is 15.7. The summed E-state index contributed by atoms with van der Waals surface area (Å²) >= 11 is 6.29. The molecular weight excluding hydrogens is 308 g/mol. The number of benzene rings is 1. The van der Waals surface area contributed by atoms with Crippen molar-refractivity contribution in [2.24, 2.45) is 5.92 Å². The molecule has 23 heavy (non-hydrogen) atoms. The second kappa shape index (κ2) is 6.04. The maximum Gasteiger partial charge on any atom is 0.220 e. The van der Waals surface area contributed by atoms with Gasteiger partial charge in [-0.15, -0.1) is 0 Å². The average molecular weight is 329 g/mol. The zero-order chi connectivity index (χ0) is 15.8. The van der Waals surface area contributed by atoms with Gasteiger partial charge in [0.25, 0.3) is 0 Å². The monoisotopic (exact) mass is 328 g/mol. The lowest BCUT2D eigenvalue weighted by Gasteiger charge is -2.24. The number of fused-ring (bicyclic) bond motifs is 3. The van der Waals surface area contributed by atoms with Crippen LogP contribution in [-0.2, 0) is 17.6 Å². The highest BCUT2D eigenvalue weighted by molar-refractivity contribution is 6.35. The van der Waals surface area contributed by atoms with Gasteiger partial charge in [0.05, 0.1) is 10.5 Å². The molecule has 1 amide bonds. The topological polar surface area (TPSA) is 44.9 Å². The van der Waals surface area contributed by atoms with E-state index in [0.29, 0.717) is 12.3 Å². The van der Waals surface area contributed by atoms with Crippen molar-refractivity contribution in [3.8, 4) is 0 Å². The van der Waals surface area contributed by atoms with Crippen LogP contribution in [0, 0.1) is 5.92 Å². The fraction of sp³-hybridized carbons (Fsp3) is 0.421. The van der Waals surface area contributed by atoms with Crippen LogP contribution in [0.15, 0.2) is 30.4 Å². The van der Waals surface area contributed by atoms with E-state index >= 15 is 0 Å². The molecule has 1 aromatic carbocycles. The summed E-state index contributed by atoms with van der Waals surface area (Å²) in [5, 5.41) is 5.20. The van der Waals surface area contributed by atoms with Crippen molar-refractivity contribution in [3.05, 3.63) is 46.6 Å². The quantitative estimate of drug-likeness (QED) is 0.817. The number of nitrogens with one attached hydrogen (secondary N) is 2. The number of amides is 1. The molecule has 0 fully saturated rings. The minimum Gasteiger partial charge on any atom is -0.357 e. The van der Waals surface area contributed by atoms with Gasteiger partial charge < -0.3 is 10.3 Å². The number of aromatic amines is 1. The summed E-state index contributed by atoms with van der Waals surface area (Å²) < 4.78 is 0. The van der Waals surface area contributed by atoms with E-state index in [-0.39, 0.29) is 11.9 Å². The van der Waals surface area contributed by atoms with Crippen LogP contribution < -0.4 is 5.32 Å². The zero-order valence-corrected chi connectivity index (χ0v) is 13.8. The Morgan fingerprint density at radius 1 is 1.35 bits per heavy atom. The van der Waals surface area contributed by atoms with E-state index in [9.17, 15) is 4.79 Å². The maximum absolute atomic E-state index is 12.3. The van der Waals surface area contributed by atoms with E-state index in [0.717, 1.165) is 42.6 Å². The lowest BCUT2D eigenvalue weighted by atomic mass is 9.91. The van der Waals surface area contributed by atoms with Gasteiger partial charge in [0, 0.05) is 23.5 Å². The number of carbonyl (C=O) groups excluding carboxylic acids is 1. The fourth-order valence-electron chi connectivity index (χ4n) is 3.92. The first kappa shape index (κ1) is 14.8. The number of allylic oxidation sites excluding steroid dienone is 2. The van der Waals surface area contributed by atoms with Gasteiger partial charge in [-0.3, -0.25) is 4.79 Å². The predicted molar refractivity (Wildman–Crippen MR) is 93.7 cm³/mol. The molecule has 0 saturated carbocycles. The highest BCUT2D eigenvalue weighted by atomic mass is 35.5. The lowest BCUT2D eigenvalue weighted by Crippen LogP contribution is -2.39. The van der Waals surface area contributed by atoms with Gasteiger partial charge in [-0.2, -0.15) is 0 Å². The summed E-state index contributed by atoms with van der Waals surface area (Å²) in [7, 11) is 0. The smallest absolute Gasteiger partial charge is 0.220 e. The number of hydrogen-bond donors (Lipinski definition) is 2. The molecule has 2 unspecified atom stereocenters. The minimum atomic E-state index is 0.188. The van der Waals surface area contributed by atoms with Crippen molar-refractivity contribution in [2.75, 3.05) is 0 Å². The number of aromatic nitrogens is 1. The van der Waals surface area contributed by atoms with Gasteiger partial charge in [-0.25, -0.2) is 0 Å². The standard InChI is InChI=1S/C19H21ClN2O/c20-16-7-3-6-14-15-11-13(8-9-17(15)22-19(14)16)21-18(23)10-12-4-1-2-5-12/h1,3-4,6-7,12-13,22H,2,5,8-11H2,(H,21,23). The van der Waals surface area contributed by atoms with Gasteiger partial charge >= 0.3 is 0 Å². The van der Waals surface area contributed by atoms with Gasteiger partial charge in [0.1, 0.15) is 0 Å². The summed E-state index contributed by atoms with van der Waals surface area (Å²) in [6, 6.07) is 6.26. The van der Waals surface area contributed by atoms with Crippen molar-refractivity contribution in [3.63, 3.8) is 0 Å². The van der Waals surface area contributed by atoms with Crippen molar-refractivity contribution >= 4 is 28.4 Å². The van der Waals surface area contributed by atoms with E-state index in [4.69, 9.17) is 11.6 Å². The van der Waals surface area contributed by atoms with E-state index < -0.39 is 0 Å². The molecule has 0 bridgehead atoms. The predicted octanol–water partition coefficient (Wildman–Crippen LogP) is 4.15. The van der Waals surface area contributed by atoms with Gasteiger partial charge in [-0.05, 0) is 49.7 Å². The second-order valence-corrected chi connectivity index (χ2v) is 7.13. The number of halogens is 1. The van der Waals surface area contributed by atoms with Gasteiger partial charge in [0.2, 0.25) is 5.91 Å². The summed E-state index contributed by atoms with van der Waals surface area (Å²) in [5.74, 6) is 0.619. The third-order valence-corrected chi connectivity index (χ3v) is 5.41. The normalized spacial score (nSPS) is 23.2. The van der Waals surface area contributed by atoms with E-state index in [1.807, 2.05) is 12.1 Å². The average Bonchev–Trinajstić information content (AvgIpc) is 3.15. The molecule has 120 valence electrons. The van der Waals surface area contributed by atoms with Crippen molar-refractivity contribution in [1.82, 2.24) is 10.3 Å². The minimum absolute atomic E-state index is 0.188. The molecule has 2 aromatic rings. The summed E-state index contributed by atoms with van der Waals surface area (Å²) in [6.45, 7) is 0. The Labute approximate surface area is 141 Å². The molecule has 2 aliphatic rings. The SMILES string of the molecule is O=C(CC1C=CCC1)NC1CCc2[nH]c3c(Cl)cccc3c2C1. The Morgan fingerprint density at radius 3 is 3.09 bits per heavy atom. The Kier molecular flexibility index (Phi) is 3.90. The van der Waals surface area contributed by atoms with Crippen molar-refractivity contribution < 1.29 is 4.79 Å². The maximum atomic E-state index is 12.3. The fourth-order valence-corrected chi connectivity index (χ4v) is 4.14. The molecule has 2 atom stereocenters. The number of aryl methyl sites for hydroxylation is 1. The number of hydrogen-bond acceptors (Lipinski definition) is 1. The van der Waals surface area contributed by atoms with Crippen LogP contribution in [0.4, 0.5) is 0 Å². The Morgan fingerprint density at radius 2 is 2.26 bits per heavy atom. The van der Waals surface area contributed by atoms with Crippen LogP contribution in [0.2, 0.25) is 5.02 Å².